The number of carbonyl (C=O) groups excluding carboxylic acids is 1. The van der Waals surface area contributed by atoms with Crippen LogP contribution in [-0.2, 0) is 9.53 Å². The van der Waals surface area contributed by atoms with Crippen molar-refractivity contribution in [3.05, 3.63) is 24.3 Å². The lowest BCUT2D eigenvalue weighted by Crippen LogP contribution is -2.38. The molecule has 0 aliphatic heterocycles. The normalized spacial score (nSPS) is 12.3. The van der Waals surface area contributed by atoms with Crippen LogP contribution in [0.1, 0.15) is 6.92 Å². The molecule has 0 fully saturated rings. The number of nitrogens with one attached hydrogen (secondary N) is 2. The van der Waals surface area contributed by atoms with Crippen molar-refractivity contribution >= 4 is 33.3 Å². The Balaban J connectivity index is 1.98. The third-order valence-corrected chi connectivity index (χ3v) is 3.54. The Hall–Kier alpha value is -1.66. The standard InChI is InChI=1S/C13H17N3O2S/c1-9(12(17)14-7-8-18-2)15-13-10-5-3-4-6-11(10)16-19-13/h3-6,9,15H,7-8H2,1-2H3,(H,14,17). The number of hydrogen-bond acceptors (Lipinski definition) is 5. The Morgan fingerprint density at radius 2 is 2.26 bits per heavy atom. The van der Waals surface area contributed by atoms with Gasteiger partial charge in [-0.15, -0.1) is 0 Å². The van der Waals surface area contributed by atoms with E-state index in [9.17, 15) is 4.79 Å². The summed E-state index contributed by atoms with van der Waals surface area (Å²) in [5.41, 5.74) is 0.946. The highest BCUT2D eigenvalue weighted by Gasteiger charge is 2.14. The number of carbonyl (C=O) groups is 1. The number of anilines is 1. The van der Waals surface area contributed by atoms with Crippen molar-refractivity contribution in [2.75, 3.05) is 25.6 Å². The first-order valence-corrected chi connectivity index (χ1v) is 6.87. The van der Waals surface area contributed by atoms with Crippen LogP contribution in [0, 0.1) is 0 Å². The first-order chi connectivity index (χ1) is 9.22. The first-order valence-electron chi connectivity index (χ1n) is 6.10. The predicted molar refractivity (Wildman–Crippen MR) is 77.6 cm³/mol. The van der Waals surface area contributed by atoms with Crippen molar-refractivity contribution < 1.29 is 9.53 Å². The zero-order valence-electron chi connectivity index (χ0n) is 11.0. The maximum absolute atomic E-state index is 11.8. The van der Waals surface area contributed by atoms with Gasteiger partial charge in [0.15, 0.2) is 0 Å². The molecule has 2 N–H and O–H groups in total. The fraction of sp³-hybridized carbons (Fsp3) is 0.385. The van der Waals surface area contributed by atoms with Gasteiger partial charge >= 0.3 is 0 Å². The Kier molecular flexibility index (Phi) is 4.70. The minimum absolute atomic E-state index is 0.0467. The SMILES string of the molecule is COCCNC(=O)C(C)Nc1snc2ccccc12. The van der Waals surface area contributed by atoms with Gasteiger partial charge in [-0.3, -0.25) is 4.79 Å². The van der Waals surface area contributed by atoms with Crippen LogP contribution in [0.2, 0.25) is 0 Å². The van der Waals surface area contributed by atoms with Crippen molar-refractivity contribution in [3.63, 3.8) is 0 Å². The third-order valence-electron chi connectivity index (χ3n) is 2.73. The Morgan fingerprint density at radius 1 is 1.47 bits per heavy atom. The van der Waals surface area contributed by atoms with Gasteiger partial charge < -0.3 is 15.4 Å². The van der Waals surface area contributed by atoms with Gasteiger partial charge in [-0.2, -0.15) is 4.37 Å². The summed E-state index contributed by atoms with van der Waals surface area (Å²) in [6.07, 6.45) is 0. The molecule has 1 amide bonds. The molecule has 2 rings (SSSR count). The highest BCUT2D eigenvalue weighted by Crippen LogP contribution is 2.27. The Bertz CT molecular complexity index is 556. The molecular formula is C13H17N3O2S. The van der Waals surface area contributed by atoms with Gasteiger partial charge in [-0.25, -0.2) is 0 Å². The van der Waals surface area contributed by atoms with Crippen LogP contribution in [0.3, 0.4) is 0 Å². The van der Waals surface area contributed by atoms with E-state index in [1.807, 2.05) is 31.2 Å². The summed E-state index contributed by atoms with van der Waals surface area (Å²) < 4.78 is 9.23. The fourth-order valence-corrected chi connectivity index (χ4v) is 2.53. The van der Waals surface area contributed by atoms with Crippen molar-refractivity contribution in [1.29, 1.82) is 0 Å². The summed E-state index contributed by atoms with van der Waals surface area (Å²) in [6.45, 7) is 2.86. The predicted octanol–water partition coefficient (Wildman–Crippen LogP) is 1.86. The molecule has 0 saturated heterocycles. The highest BCUT2D eigenvalue weighted by atomic mass is 32.1. The molecule has 19 heavy (non-hydrogen) atoms. The maximum Gasteiger partial charge on any atom is 0.242 e. The number of nitrogens with zero attached hydrogens (tertiary/aromatic N) is 1. The number of hydrogen-bond donors (Lipinski definition) is 2. The van der Waals surface area contributed by atoms with Gasteiger partial charge in [-0.05, 0) is 30.6 Å². The molecule has 1 aromatic carbocycles. The molecule has 1 atom stereocenters. The molecule has 2 aromatic rings. The van der Waals surface area contributed by atoms with E-state index < -0.39 is 0 Å². The number of ether oxygens (including phenoxy) is 1. The van der Waals surface area contributed by atoms with Crippen LogP contribution in [0.25, 0.3) is 10.9 Å². The molecule has 5 nitrogen and oxygen atoms in total. The number of methoxy groups -OCH3 is 1. The summed E-state index contributed by atoms with van der Waals surface area (Å²) in [5, 5.41) is 7.96. The Labute approximate surface area is 116 Å². The number of aromatic nitrogens is 1. The van der Waals surface area contributed by atoms with E-state index in [2.05, 4.69) is 15.0 Å². The summed E-state index contributed by atoms with van der Waals surface area (Å²) in [4.78, 5) is 11.8. The average Bonchev–Trinajstić information content (AvgIpc) is 2.82. The van der Waals surface area contributed by atoms with E-state index in [1.54, 1.807) is 7.11 Å². The van der Waals surface area contributed by atoms with Crippen molar-refractivity contribution in [3.8, 4) is 0 Å². The third kappa shape index (κ3) is 3.42. The zero-order chi connectivity index (χ0) is 13.7. The quantitative estimate of drug-likeness (QED) is 0.792. The number of fused-ring (bicyclic) bond motifs is 1. The fourth-order valence-electron chi connectivity index (χ4n) is 1.68. The van der Waals surface area contributed by atoms with Crippen LogP contribution in [0.4, 0.5) is 5.00 Å². The molecule has 102 valence electrons. The average molecular weight is 279 g/mol. The molecule has 1 unspecified atom stereocenters. The van der Waals surface area contributed by atoms with E-state index >= 15 is 0 Å². The molecule has 0 bridgehead atoms. The van der Waals surface area contributed by atoms with Gasteiger partial charge in [-0.1, -0.05) is 12.1 Å². The number of rotatable bonds is 6. The molecular weight excluding hydrogens is 262 g/mol. The lowest BCUT2D eigenvalue weighted by atomic mass is 10.2. The molecule has 1 heterocycles. The second-order valence-corrected chi connectivity index (χ2v) is 4.95. The lowest BCUT2D eigenvalue weighted by molar-refractivity contribution is -0.121. The molecule has 0 saturated carbocycles. The molecule has 6 heteroatoms. The van der Waals surface area contributed by atoms with E-state index in [4.69, 9.17) is 4.74 Å². The van der Waals surface area contributed by atoms with Crippen LogP contribution in [-0.4, -0.2) is 36.6 Å². The van der Waals surface area contributed by atoms with Crippen molar-refractivity contribution in [1.82, 2.24) is 9.69 Å². The first kappa shape index (κ1) is 13.8. The van der Waals surface area contributed by atoms with Gasteiger partial charge in [0.2, 0.25) is 5.91 Å². The number of amides is 1. The molecule has 0 aliphatic carbocycles. The summed E-state index contributed by atoms with van der Waals surface area (Å²) in [7, 11) is 1.61. The summed E-state index contributed by atoms with van der Waals surface area (Å²) in [5.74, 6) is -0.0467. The minimum atomic E-state index is -0.305. The number of benzene rings is 1. The molecule has 0 aliphatic rings. The van der Waals surface area contributed by atoms with Crippen LogP contribution >= 0.6 is 11.5 Å². The van der Waals surface area contributed by atoms with Crippen LogP contribution in [0.5, 0.6) is 0 Å². The maximum atomic E-state index is 11.8. The van der Waals surface area contributed by atoms with Crippen molar-refractivity contribution in [2.24, 2.45) is 0 Å². The summed E-state index contributed by atoms with van der Waals surface area (Å²) >= 11 is 1.37. The van der Waals surface area contributed by atoms with Gasteiger partial charge in [0.1, 0.15) is 11.0 Å². The van der Waals surface area contributed by atoms with Gasteiger partial charge in [0, 0.05) is 19.0 Å². The lowest BCUT2D eigenvalue weighted by Gasteiger charge is -2.13. The van der Waals surface area contributed by atoms with E-state index in [0.717, 1.165) is 15.9 Å². The van der Waals surface area contributed by atoms with Crippen LogP contribution < -0.4 is 10.6 Å². The second kappa shape index (κ2) is 6.49. The van der Waals surface area contributed by atoms with E-state index in [1.165, 1.54) is 11.5 Å². The second-order valence-electron chi connectivity index (χ2n) is 4.18. The molecule has 1 aromatic heterocycles. The Morgan fingerprint density at radius 3 is 3.05 bits per heavy atom. The minimum Gasteiger partial charge on any atom is -0.383 e. The van der Waals surface area contributed by atoms with Gasteiger partial charge in [0.25, 0.3) is 0 Å². The monoisotopic (exact) mass is 279 g/mol. The highest BCUT2D eigenvalue weighted by molar-refractivity contribution is 7.11. The van der Waals surface area contributed by atoms with Crippen molar-refractivity contribution in [2.45, 2.75) is 13.0 Å². The zero-order valence-corrected chi connectivity index (χ0v) is 11.8. The molecule has 0 spiro atoms. The van der Waals surface area contributed by atoms with Crippen LogP contribution in [0.15, 0.2) is 24.3 Å². The van der Waals surface area contributed by atoms with E-state index in [-0.39, 0.29) is 11.9 Å². The molecule has 0 radical (unpaired) electrons. The largest absolute Gasteiger partial charge is 0.383 e. The van der Waals surface area contributed by atoms with Gasteiger partial charge in [0.05, 0.1) is 12.1 Å². The smallest absolute Gasteiger partial charge is 0.242 e. The summed E-state index contributed by atoms with van der Waals surface area (Å²) in [6, 6.07) is 7.57. The topological polar surface area (TPSA) is 63.2 Å². The van der Waals surface area contributed by atoms with E-state index in [0.29, 0.717) is 13.2 Å².